The summed E-state index contributed by atoms with van der Waals surface area (Å²) in [6, 6.07) is 21.1. The number of aromatic nitrogens is 3. The Morgan fingerprint density at radius 2 is 1.68 bits per heavy atom. The lowest BCUT2D eigenvalue weighted by atomic mass is 9.94. The van der Waals surface area contributed by atoms with Gasteiger partial charge in [0.25, 0.3) is 11.5 Å². The third-order valence-corrected chi connectivity index (χ3v) is 8.76. The predicted octanol–water partition coefficient (Wildman–Crippen LogP) is 6.37. The highest BCUT2D eigenvalue weighted by Gasteiger charge is 2.38. The van der Waals surface area contributed by atoms with Crippen molar-refractivity contribution in [3.05, 3.63) is 93.9 Å². The van der Waals surface area contributed by atoms with Gasteiger partial charge in [0.15, 0.2) is 0 Å². The Balaban J connectivity index is 1.43. The van der Waals surface area contributed by atoms with Crippen LogP contribution in [0.25, 0.3) is 16.9 Å². The minimum atomic E-state index is -0.389. The number of nitrogens with zero attached hydrogens (tertiary/aromatic N) is 5. The van der Waals surface area contributed by atoms with Gasteiger partial charge >= 0.3 is 5.97 Å². The van der Waals surface area contributed by atoms with Crippen LogP contribution in [-0.2, 0) is 22.7 Å². The molecule has 228 valence electrons. The third-order valence-electron chi connectivity index (χ3n) is 8.76. The van der Waals surface area contributed by atoms with E-state index < -0.39 is 0 Å². The second-order valence-electron chi connectivity index (χ2n) is 11.8. The summed E-state index contributed by atoms with van der Waals surface area (Å²) in [5.74, 6) is -0.533. The smallest absolute Gasteiger partial charge is 0.330 e. The van der Waals surface area contributed by atoms with Gasteiger partial charge in [0.2, 0.25) is 0 Å². The van der Waals surface area contributed by atoms with E-state index in [2.05, 4.69) is 12.1 Å². The first-order valence-corrected chi connectivity index (χ1v) is 15.9. The molecule has 1 amide bonds. The maximum absolute atomic E-state index is 14.2. The monoisotopic (exact) mass is 593 g/mol. The molecule has 44 heavy (non-hydrogen) atoms. The Morgan fingerprint density at radius 3 is 2.41 bits per heavy atom. The van der Waals surface area contributed by atoms with E-state index in [9.17, 15) is 14.4 Å². The minimum absolute atomic E-state index is 0.111. The highest BCUT2D eigenvalue weighted by atomic mass is 16.7. The molecule has 1 aliphatic carbocycles. The number of hydrogen-bond donors (Lipinski definition) is 0. The van der Waals surface area contributed by atoms with Crippen molar-refractivity contribution in [2.75, 3.05) is 0 Å². The average Bonchev–Trinajstić information content (AvgIpc) is 3.67. The Kier molecular flexibility index (Phi) is 9.00. The SMILES string of the molecule is CCCCCCC(=O)ON=C(Cn1c2c(c(=O)n3nc(-c4ccccc4)cc13)CN(C1CCCCC1)C2=O)c1ccccc1. The van der Waals surface area contributed by atoms with Crippen LogP contribution in [0.3, 0.4) is 0 Å². The molecule has 6 rings (SSSR count). The summed E-state index contributed by atoms with van der Waals surface area (Å²) in [5.41, 5.74) is 3.75. The molecule has 1 saturated carbocycles. The van der Waals surface area contributed by atoms with Crippen molar-refractivity contribution in [2.24, 2.45) is 5.16 Å². The van der Waals surface area contributed by atoms with Gasteiger partial charge < -0.3 is 14.3 Å². The number of rotatable bonds is 11. The molecule has 0 unspecified atom stereocenters. The molecule has 2 aromatic heterocycles. The minimum Gasteiger partial charge on any atom is -0.330 e. The van der Waals surface area contributed by atoms with Crippen LogP contribution in [-0.4, -0.2) is 42.7 Å². The number of amides is 1. The molecule has 0 bridgehead atoms. The molecule has 9 heteroatoms. The first-order valence-electron chi connectivity index (χ1n) is 15.9. The van der Waals surface area contributed by atoms with E-state index in [1.807, 2.05) is 76.2 Å². The molecule has 2 aliphatic rings. The quantitative estimate of drug-likeness (QED) is 0.0871. The molecule has 0 saturated heterocycles. The Morgan fingerprint density at radius 1 is 0.955 bits per heavy atom. The van der Waals surface area contributed by atoms with E-state index in [0.29, 0.717) is 34.7 Å². The lowest BCUT2D eigenvalue weighted by Crippen LogP contribution is -2.37. The van der Waals surface area contributed by atoms with Crippen molar-refractivity contribution in [1.29, 1.82) is 0 Å². The zero-order valence-corrected chi connectivity index (χ0v) is 25.3. The summed E-state index contributed by atoms with van der Waals surface area (Å²) in [6.07, 6.45) is 9.36. The van der Waals surface area contributed by atoms with E-state index in [1.54, 1.807) is 0 Å². The largest absolute Gasteiger partial charge is 0.335 e. The van der Waals surface area contributed by atoms with Gasteiger partial charge in [-0.25, -0.2) is 4.79 Å². The average molecular weight is 594 g/mol. The van der Waals surface area contributed by atoms with Crippen LogP contribution in [0.1, 0.15) is 92.7 Å². The number of benzene rings is 2. The Hall–Kier alpha value is -4.53. The normalized spacial score (nSPS) is 15.6. The number of hydrogen-bond acceptors (Lipinski definition) is 6. The van der Waals surface area contributed by atoms with Gasteiger partial charge in [-0.15, -0.1) is 0 Å². The zero-order chi connectivity index (χ0) is 30.5. The summed E-state index contributed by atoms with van der Waals surface area (Å²) in [4.78, 5) is 48.0. The standard InChI is InChI=1S/C35H39N5O4/c1-2-3-4-14-21-32(41)44-37-30(26-17-10-6-11-18-26)24-39-31-22-29(25-15-8-5-9-16-25)36-40(31)34(42)28-23-38(35(43)33(28)39)27-19-12-7-13-20-27/h5-6,8-11,15-18,22,27H,2-4,7,12-14,19-21,23-24H2,1H3. The summed E-state index contributed by atoms with van der Waals surface area (Å²) >= 11 is 0. The van der Waals surface area contributed by atoms with Gasteiger partial charge in [-0.3, -0.25) is 9.59 Å². The zero-order valence-electron chi connectivity index (χ0n) is 25.3. The summed E-state index contributed by atoms with van der Waals surface area (Å²) < 4.78 is 3.24. The summed E-state index contributed by atoms with van der Waals surface area (Å²) in [5, 5.41) is 9.07. The first kappa shape index (κ1) is 29.5. The van der Waals surface area contributed by atoms with Gasteiger partial charge in [0, 0.05) is 29.7 Å². The number of fused-ring (bicyclic) bond motifs is 2. The van der Waals surface area contributed by atoms with Gasteiger partial charge in [0.05, 0.1) is 24.3 Å². The number of unbranched alkanes of at least 4 members (excludes halogenated alkanes) is 3. The summed E-state index contributed by atoms with van der Waals surface area (Å²) in [6.45, 7) is 2.50. The van der Waals surface area contributed by atoms with Crippen LogP contribution >= 0.6 is 0 Å². The molecule has 0 atom stereocenters. The molecular formula is C35H39N5O4. The van der Waals surface area contributed by atoms with Gasteiger partial charge in [-0.2, -0.15) is 9.61 Å². The van der Waals surface area contributed by atoms with Gasteiger partial charge in [-0.05, 0) is 19.3 Å². The molecule has 0 spiro atoms. The van der Waals surface area contributed by atoms with Crippen molar-refractivity contribution in [3.63, 3.8) is 0 Å². The fourth-order valence-electron chi connectivity index (χ4n) is 6.38. The molecule has 9 nitrogen and oxygen atoms in total. The molecule has 4 aromatic rings. The molecule has 0 radical (unpaired) electrons. The maximum Gasteiger partial charge on any atom is 0.335 e. The lowest BCUT2D eigenvalue weighted by molar-refractivity contribution is -0.143. The second-order valence-corrected chi connectivity index (χ2v) is 11.8. The van der Waals surface area contributed by atoms with Crippen LogP contribution in [0.5, 0.6) is 0 Å². The van der Waals surface area contributed by atoms with Crippen LogP contribution < -0.4 is 5.56 Å². The molecule has 2 aromatic carbocycles. The number of carbonyl (C=O) groups is 2. The number of oxime groups is 1. The van der Waals surface area contributed by atoms with Crippen LogP contribution in [0.15, 0.2) is 76.7 Å². The molecule has 3 heterocycles. The van der Waals surface area contributed by atoms with Crippen molar-refractivity contribution in [1.82, 2.24) is 19.1 Å². The fraction of sp³-hybridized carbons (Fsp3) is 0.400. The molecule has 1 aliphatic heterocycles. The Labute approximate surface area is 257 Å². The van der Waals surface area contributed by atoms with Crippen LogP contribution in [0.2, 0.25) is 0 Å². The van der Waals surface area contributed by atoms with Crippen molar-refractivity contribution in [2.45, 2.75) is 90.3 Å². The van der Waals surface area contributed by atoms with E-state index in [1.165, 1.54) is 10.9 Å². The van der Waals surface area contributed by atoms with Crippen molar-refractivity contribution >= 4 is 23.2 Å². The fourth-order valence-corrected chi connectivity index (χ4v) is 6.38. The van der Waals surface area contributed by atoms with Crippen molar-refractivity contribution in [3.8, 4) is 11.3 Å². The van der Waals surface area contributed by atoms with Crippen LogP contribution in [0.4, 0.5) is 0 Å². The van der Waals surface area contributed by atoms with Crippen LogP contribution in [0, 0.1) is 0 Å². The predicted molar refractivity (Wildman–Crippen MR) is 169 cm³/mol. The topological polar surface area (TPSA) is 98.3 Å². The molecule has 0 N–H and O–H groups in total. The van der Waals surface area contributed by atoms with Gasteiger partial charge in [0.1, 0.15) is 17.1 Å². The highest BCUT2D eigenvalue weighted by molar-refractivity contribution is 6.02. The first-order chi connectivity index (χ1) is 21.5. The number of carbonyl (C=O) groups excluding carboxylic acids is 2. The Bertz CT molecular complexity index is 1720. The highest BCUT2D eigenvalue weighted by Crippen LogP contribution is 2.31. The maximum atomic E-state index is 14.2. The van der Waals surface area contributed by atoms with E-state index in [-0.39, 0.29) is 36.6 Å². The molecular weight excluding hydrogens is 554 g/mol. The van der Waals surface area contributed by atoms with E-state index in [4.69, 9.17) is 9.94 Å². The van der Waals surface area contributed by atoms with Gasteiger partial charge in [-0.1, -0.05) is 111 Å². The van der Waals surface area contributed by atoms with Crippen molar-refractivity contribution < 1.29 is 14.4 Å². The van der Waals surface area contributed by atoms with E-state index in [0.717, 1.165) is 62.5 Å². The third kappa shape index (κ3) is 6.09. The van der Waals surface area contributed by atoms with E-state index >= 15 is 0 Å². The second kappa shape index (κ2) is 13.4. The lowest BCUT2D eigenvalue weighted by Gasteiger charge is -2.30. The summed E-state index contributed by atoms with van der Waals surface area (Å²) in [7, 11) is 0. The molecule has 1 fully saturated rings.